The van der Waals surface area contributed by atoms with Gasteiger partial charge in [0.2, 0.25) is 0 Å². The number of nitrogens with zero attached hydrogens (tertiary/aromatic N) is 2. The van der Waals surface area contributed by atoms with E-state index in [4.69, 9.17) is 15.1 Å². The molecular weight excluding hydrogens is 361 g/mol. The quantitative estimate of drug-likeness (QED) is 0.774. The summed E-state index contributed by atoms with van der Waals surface area (Å²) in [4.78, 5) is 13.2. The Morgan fingerprint density at radius 2 is 1.96 bits per heavy atom. The molecule has 0 bridgehead atoms. The lowest BCUT2D eigenvalue weighted by Crippen LogP contribution is -2.40. The zero-order valence-corrected chi connectivity index (χ0v) is 16.1. The highest BCUT2D eigenvalue weighted by molar-refractivity contribution is 5.64. The summed E-state index contributed by atoms with van der Waals surface area (Å²) in [5, 5.41) is 20.5. The largest absolute Gasteiger partial charge is 0.489 e. The number of nitriles is 1. The van der Waals surface area contributed by atoms with Crippen LogP contribution in [0, 0.1) is 23.1 Å². The number of piperidine rings is 1. The lowest BCUT2D eigenvalue weighted by molar-refractivity contribution is 0.0946. The number of ether oxygens (including phenoxy) is 1. The summed E-state index contributed by atoms with van der Waals surface area (Å²) in [6, 6.07) is 6.19. The molecule has 1 heterocycles. The fraction of sp³-hybridized carbons (Fsp3) is 0.619. The van der Waals surface area contributed by atoms with Gasteiger partial charge in [0.25, 0.3) is 0 Å². The molecule has 1 aliphatic carbocycles. The van der Waals surface area contributed by atoms with E-state index in [2.05, 4.69) is 10.2 Å². The molecule has 152 valence electrons. The van der Waals surface area contributed by atoms with Crippen LogP contribution in [-0.2, 0) is 0 Å². The van der Waals surface area contributed by atoms with Crippen molar-refractivity contribution in [3.05, 3.63) is 29.6 Å². The molecule has 3 rings (SSSR count). The van der Waals surface area contributed by atoms with Gasteiger partial charge in [0.05, 0.1) is 5.56 Å². The van der Waals surface area contributed by atoms with E-state index in [1.807, 2.05) is 6.07 Å². The van der Waals surface area contributed by atoms with Crippen molar-refractivity contribution in [2.45, 2.75) is 57.1 Å². The number of amides is 1. The van der Waals surface area contributed by atoms with Crippen molar-refractivity contribution in [2.24, 2.45) is 5.92 Å². The summed E-state index contributed by atoms with van der Waals surface area (Å²) in [5.41, 5.74) is 0.246. The molecule has 2 N–H and O–H groups in total. The van der Waals surface area contributed by atoms with Crippen molar-refractivity contribution in [2.75, 3.05) is 19.6 Å². The summed E-state index contributed by atoms with van der Waals surface area (Å²) in [6.45, 7) is 2.99. The van der Waals surface area contributed by atoms with Crippen LogP contribution in [0.2, 0.25) is 0 Å². The molecule has 7 heteroatoms. The number of rotatable bonds is 6. The zero-order valence-electron chi connectivity index (χ0n) is 16.1. The summed E-state index contributed by atoms with van der Waals surface area (Å²) in [5.74, 6) is 0.721. The molecule has 1 saturated heterocycles. The number of nitrogens with one attached hydrogen (secondary N) is 1. The molecule has 1 aromatic carbocycles. The molecule has 0 spiro atoms. The number of carbonyl (C=O) groups is 1. The predicted molar refractivity (Wildman–Crippen MR) is 103 cm³/mol. The predicted octanol–water partition coefficient (Wildman–Crippen LogP) is 3.76. The van der Waals surface area contributed by atoms with Crippen molar-refractivity contribution in [1.82, 2.24) is 10.2 Å². The Hall–Kier alpha value is -2.33. The SMILES string of the molecule is N#Cc1cc(F)ccc1OC1CCN(CCC2CCC(NC(=O)O)CC2)CC1. The molecular formula is C21H28FN3O3. The Labute approximate surface area is 165 Å². The molecule has 0 unspecified atom stereocenters. The molecule has 0 radical (unpaired) electrons. The maximum absolute atomic E-state index is 13.2. The third-order valence-electron chi connectivity index (χ3n) is 5.92. The molecule has 6 nitrogen and oxygen atoms in total. The molecule has 0 atom stereocenters. The third-order valence-corrected chi connectivity index (χ3v) is 5.92. The van der Waals surface area contributed by atoms with E-state index in [0.717, 1.165) is 64.6 Å². The van der Waals surface area contributed by atoms with E-state index in [0.29, 0.717) is 11.7 Å². The summed E-state index contributed by atoms with van der Waals surface area (Å²) in [7, 11) is 0. The number of carboxylic acid groups (broad SMARTS) is 1. The van der Waals surface area contributed by atoms with E-state index in [9.17, 15) is 9.18 Å². The Morgan fingerprint density at radius 3 is 2.61 bits per heavy atom. The number of hydrogen-bond donors (Lipinski definition) is 2. The molecule has 0 aromatic heterocycles. The average Bonchev–Trinajstić information content (AvgIpc) is 2.69. The van der Waals surface area contributed by atoms with Crippen molar-refractivity contribution >= 4 is 6.09 Å². The third kappa shape index (κ3) is 5.83. The summed E-state index contributed by atoms with van der Waals surface area (Å²) >= 11 is 0. The van der Waals surface area contributed by atoms with Crippen LogP contribution < -0.4 is 10.1 Å². The Morgan fingerprint density at radius 1 is 1.25 bits per heavy atom. The van der Waals surface area contributed by atoms with Crippen LogP contribution in [0.1, 0.15) is 50.5 Å². The zero-order chi connectivity index (χ0) is 19.9. The smallest absolute Gasteiger partial charge is 0.404 e. The highest BCUT2D eigenvalue weighted by Gasteiger charge is 2.25. The minimum atomic E-state index is -0.920. The van der Waals surface area contributed by atoms with E-state index in [-0.39, 0.29) is 17.7 Å². The maximum Gasteiger partial charge on any atom is 0.404 e. The van der Waals surface area contributed by atoms with E-state index >= 15 is 0 Å². The first kappa shape index (κ1) is 20.4. The van der Waals surface area contributed by atoms with Gasteiger partial charge in [-0.25, -0.2) is 9.18 Å². The highest BCUT2D eigenvalue weighted by Crippen LogP contribution is 2.28. The lowest BCUT2D eigenvalue weighted by atomic mass is 9.84. The summed E-state index contributed by atoms with van der Waals surface area (Å²) < 4.78 is 19.2. The molecule has 1 aromatic rings. The number of halogens is 1. The van der Waals surface area contributed by atoms with Crippen LogP contribution in [-0.4, -0.2) is 47.9 Å². The van der Waals surface area contributed by atoms with Gasteiger partial charge >= 0.3 is 6.09 Å². The van der Waals surface area contributed by atoms with Gasteiger partial charge in [0.1, 0.15) is 23.7 Å². The van der Waals surface area contributed by atoms with E-state index < -0.39 is 11.9 Å². The van der Waals surface area contributed by atoms with Gasteiger partial charge in [-0.3, -0.25) is 0 Å². The average molecular weight is 389 g/mol. The lowest BCUT2D eigenvalue weighted by Gasteiger charge is -2.34. The molecule has 1 amide bonds. The minimum absolute atomic E-state index is 0.0614. The van der Waals surface area contributed by atoms with Gasteiger partial charge in [0.15, 0.2) is 0 Å². The molecule has 28 heavy (non-hydrogen) atoms. The van der Waals surface area contributed by atoms with Gasteiger partial charge in [-0.05, 0) is 75.6 Å². The summed E-state index contributed by atoms with van der Waals surface area (Å²) in [6.07, 6.45) is 6.15. The number of likely N-dealkylation sites (tertiary alicyclic amines) is 1. The molecule has 2 aliphatic rings. The molecule has 1 aliphatic heterocycles. The van der Waals surface area contributed by atoms with Crippen molar-refractivity contribution in [3.8, 4) is 11.8 Å². The first-order chi connectivity index (χ1) is 13.5. The second-order valence-electron chi connectivity index (χ2n) is 7.87. The standard InChI is InChI=1S/C21H28FN3O3/c22-17-3-6-20(16(13-17)14-23)28-19-8-11-25(12-9-19)10-7-15-1-4-18(5-2-15)24-21(26)27/h3,6,13,15,18-19,24H,1-2,4-5,7-12H2,(H,26,27). The van der Waals surface area contributed by atoms with Gasteiger partial charge in [0, 0.05) is 19.1 Å². The topological polar surface area (TPSA) is 85.6 Å². The van der Waals surface area contributed by atoms with Crippen molar-refractivity contribution in [1.29, 1.82) is 5.26 Å². The fourth-order valence-electron chi connectivity index (χ4n) is 4.26. The normalized spacial score (nSPS) is 23.7. The second kappa shape index (κ2) is 9.74. The Kier molecular flexibility index (Phi) is 7.10. The maximum atomic E-state index is 13.2. The van der Waals surface area contributed by atoms with Crippen LogP contribution in [0.15, 0.2) is 18.2 Å². The van der Waals surface area contributed by atoms with Crippen LogP contribution >= 0.6 is 0 Å². The Bertz CT molecular complexity index is 705. The fourth-order valence-corrected chi connectivity index (χ4v) is 4.26. The first-order valence-electron chi connectivity index (χ1n) is 10.1. The van der Waals surface area contributed by atoms with Gasteiger partial charge in [-0.15, -0.1) is 0 Å². The van der Waals surface area contributed by atoms with E-state index in [1.54, 1.807) is 0 Å². The monoisotopic (exact) mass is 389 g/mol. The van der Waals surface area contributed by atoms with Crippen LogP contribution in [0.4, 0.5) is 9.18 Å². The van der Waals surface area contributed by atoms with Crippen LogP contribution in [0.5, 0.6) is 5.75 Å². The first-order valence-corrected chi connectivity index (χ1v) is 10.1. The van der Waals surface area contributed by atoms with Crippen LogP contribution in [0.25, 0.3) is 0 Å². The van der Waals surface area contributed by atoms with Crippen LogP contribution in [0.3, 0.4) is 0 Å². The van der Waals surface area contributed by atoms with Crippen molar-refractivity contribution in [3.63, 3.8) is 0 Å². The molecule has 2 fully saturated rings. The number of hydrogen-bond acceptors (Lipinski definition) is 4. The van der Waals surface area contributed by atoms with Gasteiger partial charge in [-0.1, -0.05) is 0 Å². The van der Waals surface area contributed by atoms with Gasteiger partial charge < -0.3 is 20.1 Å². The second-order valence-corrected chi connectivity index (χ2v) is 7.87. The van der Waals surface area contributed by atoms with E-state index in [1.165, 1.54) is 18.2 Å². The Balaban J connectivity index is 1.36. The minimum Gasteiger partial charge on any atom is -0.489 e. The number of benzene rings is 1. The molecule has 1 saturated carbocycles. The van der Waals surface area contributed by atoms with Gasteiger partial charge in [-0.2, -0.15) is 5.26 Å². The van der Waals surface area contributed by atoms with Crippen molar-refractivity contribution < 1.29 is 19.0 Å². The highest BCUT2D eigenvalue weighted by atomic mass is 19.1.